The van der Waals surface area contributed by atoms with E-state index < -0.39 is 6.85 Å². The van der Waals surface area contributed by atoms with Gasteiger partial charge in [-0.15, -0.1) is 11.3 Å². The lowest BCUT2D eigenvalue weighted by Gasteiger charge is -2.40. The second-order valence-electron chi connectivity index (χ2n) is 19.4. The summed E-state index contributed by atoms with van der Waals surface area (Å²) in [7, 11) is 0. The van der Waals surface area contributed by atoms with Crippen molar-refractivity contribution in [2.24, 2.45) is 0 Å². The molecule has 0 radical (unpaired) electrons. The highest BCUT2D eigenvalue weighted by molar-refractivity contribution is 7.33. The number of thiophene rings is 1. The van der Waals surface area contributed by atoms with Gasteiger partial charge in [0.05, 0.1) is 16.7 Å². The SMILES string of the molecule is [2H]C([2H])([2H])c1ccc2c(c1)c1cc(C)ccc1n2-c1cc2c3c(c1)N(c1ccc(C(C)(C)C)cc1)c1ccc(C(C)(C)C)cc1B3c1sc3ccc(C(C)(C)C)cc3c1O2. The molecule has 6 aromatic carbocycles. The van der Waals surface area contributed by atoms with Crippen molar-refractivity contribution in [3.05, 3.63) is 137 Å². The lowest BCUT2D eigenvalue weighted by molar-refractivity contribution is 0.494. The Kier molecular flexibility index (Phi) is 6.98. The Morgan fingerprint density at radius 1 is 0.579 bits per heavy atom. The van der Waals surface area contributed by atoms with Crippen molar-refractivity contribution in [3.63, 3.8) is 0 Å². The first-order valence-electron chi connectivity index (χ1n) is 21.7. The zero-order chi connectivity index (χ0) is 42.4. The van der Waals surface area contributed by atoms with Gasteiger partial charge in [0.1, 0.15) is 11.5 Å². The Morgan fingerprint density at radius 2 is 1.19 bits per heavy atom. The standard InChI is InChI=1S/C52H51BN2OS/c1-30-12-20-41-37(24-30)38-25-31(2)13-21-42(38)55(41)36-28-44-47-45(29-36)56-48-39-26-33(51(6,7)8)17-23-46(39)57-49(48)53(47)40-27-34(52(9,10)11)16-22-43(40)54(44)35-18-14-32(15-19-35)50(3,4)5/h12-29H,1-11H3/i1D3. The van der Waals surface area contributed by atoms with Crippen LogP contribution in [0.25, 0.3) is 37.6 Å². The van der Waals surface area contributed by atoms with Crippen molar-refractivity contribution in [3.8, 4) is 17.2 Å². The Bertz CT molecular complexity index is 3080. The third-order valence-electron chi connectivity index (χ3n) is 12.3. The highest BCUT2D eigenvalue weighted by atomic mass is 32.1. The number of ether oxygens (including phenoxy) is 1. The minimum atomic E-state index is -2.22. The van der Waals surface area contributed by atoms with E-state index in [1.54, 1.807) is 6.07 Å². The summed E-state index contributed by atoms with van der Waals surface area (Å²) < 4.78 is 36.9. The van der Waals surface area contributed by atoms with Gasteiger partial charge in [0.25, 0.3) is 6.71 Å². The summed E-state index contributed by atoms with van der Waals surface area (Å²) in [6.07, 6.45) is 0. The van der Waals surface area contributed by atoms with Gasteiger partial charge in [0, 0.05) is 52.9 Å². The molecule has 2 aliphatic rings. The fourth-order valence-electron chi connectivity index (χ4n) is 9.07. The quantitative estimate of drug-likeness (QED) is 0.163. The molecule has 0 spiro atoms. The molecule has 0 saturated carbocycles. The van der Waals surface area contributed by atoms with Crippen molar-refractivity contribution in [1.82, 2.24) is 4.57 Å². The minimum Gasteiger partial charge on any atom is -0.457 e. The predicted molar refractivity (Wildman–Crippen MR) is 248 cm³/mol. The van der Waals surface area contributed by atoms with E-state index >= 15 is 0 Å². The number of nitrogens with zero attached hydrogens (tertiary/aromatic N) is 2. The summed E-state index contributed by atoms with van der Waals surface area (Å²) in [5.74, 6) is 1.78. The second-order valence-corrected chi connectivity index (χ2v) is 20.5. The van der Waals surface area contributed by atoms with Crippen LogP contribution in [0.2, 0.25) is 0 Å². The van der Waals surface area contributed by atoms with Gasteiger partial charge in [0.15, 0.2) is 0 Å². The molecule has 0 N–H and O–H groups in total. The van der Waals surface area contributed by atoms with Crippen LogP contribution in [0.5, 0.6) is 11.5 Å². The molecule has 8 aromatic rings. The summed E-state index contributed by atoms with van der Waals surface area (Å²) >= 11 is 1.85. The van der Waals surface area contributed by atoms with E-state index in [2.05, 4.69) is 170 Å². The molecule has 0 amide bonds. The minimum absolute atomic E-state index is 0.0106. The monoisotopic (exact) mass is 765 g/mol. The van der Waals surface area contributed by atoms with Gasteiger partial charge in [-0.3, -0.25) is 0 Å². The smallest absolute Gasteiger partial charge is 0.268 e. The normalized spacial score (nSPS) is 14.9. The Balaban J connectivity index is 1.31. The highest BCUT2D eigenvalue weighted by Gasteiger charge is 2.45. The molecule has 0 saturated heterocycles. The molecule has 2 aromatic heterocycles. The molecule has 0 fully saturated rings. The van der Waals surface area contributed by atoms with Crippen LogP contribution in [-0.2, 0) is 16.2 Å². The Hall–Kier alpha value is -5.26. The summed E-state index contributed by atoms with van der Waals surface area (Å²) in [5, 5.41) is 3.10. The van der Waals surface area contributed by atoms with Crippen LogP contribution in [0, 0.1) is 13.8 Å². The first-order chi connectivity index (χ1) is 28.2. The molecule has 2 aliphatic heterocycles. The van der Waals surface area contributed by atoms with Gasteiger partial charge in [-0.1, -0.05) is 116 Å². The molecule has 4 heterocycles. The first kappa shape index (κ1) is 32.8. The molecule has 0 aliphatic carbocycles. The van der Waals surface area contributed by atoms with Gasteiger partial charge in [-0.2, -0.15) is 0 Å². The average Bonchev–Trinajstić information content (AvgIpc) is 3.70. The van der Waals surface area contributed by atoms with Crippen LogP contribution in [0.15, 0.2) is 109 Å². The van der Waals surface area contributed by atoms with E-state index in [1.165, 1.54) is 31.6 Å². The largest absolute Gasteiger partial charge is 0.457 e. The molecular formula is C52H51BN2OS. The molecular weight excluding hydrogens is 711 g/mol. The van der Waals surface area contributed by atoms with Crippen LogP contribution in [0.3, 0.4) is 0 Å². The van der Waals surface area contributed by atoms with Crippen LogP contribution in [0.4, 0.5) is 17.1 Å². The van der Waals surface area contributed by atoms with E-state index in [1.807, 2.05) is 23.5 Å². The molecule has 57 heavy (non-hydrogen) atoms. The average molecular weight is 766 g/mol. The van der Waals surface area contributed by atoms with E-state index in [9.17, 15) is 0 Å². The summed E-state index contributed by atoms with van der Waals surface area (Å²) in [6, 6.07) is 39.7. The first-order valence-corrected chi connectivity index (χ1v) is 21.0. The van der Waals surface area contributed by atoms with Crippen molar-refractivity contribution in [2.45, 2.75) is 92.3 Å². The number of anilines is 3. The zero-order valence-electron chi connectivity index (χ0n) is 37.7. The maximum Gasteiger partial charge on any atom is 0.268 e. The highest BCUT2D eigenvalue weighted by Crippen LogP contribution is 2.47. The second kappa shape index (κ2) is 12.1. The van der Waals surface area contributed by atoms with Crippen molar-refractivity contribution >= 4 is 82.7 Å². The van der Waals surface area contributed by atoms with E-state index in [0.29, 0.717) is 5.56 Å². The van der Waals surface area contributed by atoms with Gasteiger partial charge in [-0.25, -0.2) is 0 Å². The van der Waals surface area contributed by atoms with Crippen LogP contribution >= 0.6 is 11.3 Å². The van der Waals surface area contributed by atoms with Gasteiger partial charge >= 0.3 is 0 Å². The predicted octanol–water partition coefficient (Wildman–Crippen LogP) is 12.9. The van der Waals surface area contributed by atoms with Crippen molar-refractivity contribution in [1.29, 1.82) is 0 Å². The topological polar surface area (TPSA) is 17.4 Å². The number of benzene rings is 6. The van der Waals surface area contributed by atoms with Crippen LogP contribution in [-0.4, -0.2) is 11.3 Å². The van der Waals surface area contributed by atoms with E-state index in [-0.39, 0.29) is 23.0 Å². The number of hydrogen-bond donors (Lipinski definition) is 0. The Labute approximate surface area is 346 Å². The van der Waals surface area contributed by atoms with Gasteiger partial charge in [0.2, 0.25) is 0 Å². The molecule has 0 atom stereocenters. The summed E-state index contributed by atoms with van der Waals surface area (Å²) in [5.41, 5.74) is 13.9. The van der Waals surface area contributed by atoms with Crippen LogP contribution in [0.1, 0.15) is 94.2 Å². The molecule has 0 unspecified atom stereocenters. The fraction of sp³-hybridized carbons (Fsp3) is 0.269. The summed E-state index contributed by atoms with van der Waals surface area (Å²) in [6.45, 7) is 20.3. The molecule has 0 bridgehead atoms. The Morgan fingerprint density at radius 3 is 1.86 bits per heavy atom. The fourth-order valence-corrected chi connectivity index (χ4v) is 10.3. The number of aromatic nitrogens is 1. The maximum atomic E-state index is 8.27. The number of fused-ring (bicyclic) bond motifs is 9. The van der Waals surface area contributed by atoms with Crippen molar-refractivity contribution in [2.75, 3.05) is 4.90 Å². The summed E-state index contributed by atoms with van der Waals surface area (Å²) in [4.78, 5) is 2.44. The maximum absolute atomic E-state index is 8.27. The van der Waals surface area contributed by atoms with Crippen LogP contribution < -0.4 is 25.3 Å². The molecule has 10 rings (SSSR count). The van der Waals surface area contributed by atoms with E-state index in [4.69, 9.17) is 8.85 Å². The van der Waals surface area contributed by atoms with E-state index in [0.717, 1.165) is 72.5 Å². The molecule has 5 heteroatoms. The molecule has 3 nitrogen and oxygen atoms in total. The number of aryl methyl sites for hydroxylation is 2. The lowest BCUT2D eigenvalue weighted by atomic mass is 9.36. The third kappa shape index (κ3) is 5.60. The zero-order valence-corrected chi connectivity index (χ0v) is 35.5. The van der Waals surface area contributed by atoms with Gasteiger partial charge < -0.3 is 14.2 Å². The number of rotatable bonds is 2. The van der Waals surface area contributed by atoms with Gasteiger partial charge in [-0.05, 0) is 118 Å². The lowest BCUT2D eigenvalue weighted by Crippen LogP contribution is -2.58. The number of hydrogen-bond acceptors (Lipinski definition) is 3. The molecule has 284 valence electrons. The third-order valence-corrected chi connectivity index (χ3v) is 13.5. The van der Waals surface area contributed by atoms with Crippen molar-refractivity contribution < 1.29 is 8.85 Å².